The van der Waals surface area contributed by atoms with Crippen molar-refractivity contribution in [1.82, 2.24) is 0 Å². The molecule has 12 heteroatoms. The third-order valence-corrected chi connectivity index (χ3v) is 6.98. The number of hydrogen-bond acceptors (Lipinski definition) is 12. The monoisotopic (exact) mass is 552 g/mol. The predicted molar refractivity (Wildman–Crippen MR) is 134 cm³/mol. The Morgan fingerprint density at radius 3 is 1.36 bits per heavy atom. The molecule has 0 amide bonds. The summed E-state index contributed by atoms with van der Waals surface area (Å²) in [5, 5.41) is 79.6. The lowest BCUT2D eigenvalue weighted by Gasteiger charge is -2.40. The lowest BCUT2D eigenvalue weighted by molar-refractivity contribution is -0.231. The summed E-state index contributed by atoms with van der Waals surface area (Å²) in [6.07, 6.45) is -12.0. The highest BCUT2D eigenvalue weighted by Crippen LogP contribution is 2.35. The molecule has 0 aromatic heterocycles. The molecule has 0 unspecified atom stereocenters. The van der Waals surface area contributed by atoms with E-state index in [1.807, 2.05) is 0 Å². The molecule has 4 rings (SSSR count). The molecule has 0 saturated carbocycles. The Hall–Kier alpha value is -2.36. The standard InChI is InChI=1S/C27H36O12/c28-12-18-20(30)22(32)24(34)26(38-18)14-4-1-6-16(10-14)36-8-3-9-37-17-7-2-5-15(11-17)27-25(35)23(33)21(31)19(13-29)39-27/h1-2,4-7,10-11,18-35H,3,8-9,12-13H2/t18-,19-,20-,21-,22+,23+,24+,25+,26-,27-/m1/s1. The van der Waals surface area contributed by atoms with Crippen molar-refractivity contribution in [3.8, 4) is 11.5 Å². The SMILES string of the molecule is OC[C@H]1O[C@H](c2cccc(OCCCOc3cccc([C@H]4O[C@H](CO)[C@@H](O)[C@H](O)[C@@H]4O)c3)c2)[C@@H](O)[C@@H](O)[C@@H]1O. The minimum atomic E-state index is -1.47. The molecule has 216 valence electrons. The van der Waals surface area contributed by atoms with Crippen LogP contribution < -0.4 is 9.47 Å². The number of aliphatic hydroxyl groups excluding tert-OH is 8. The molecule has 2 aromatic rings. The zero-order chi connectivity index (χ0) is 28.1. The van der Waals surface area contributed by atoms with Gasteiger partial charge in [-0.25, -0.2) is 0 Å². The fraction of sp³-hybridized carbons (Fsp3) is 0.556. The lowest BCUT2D eigenvalue weighted by Crippen LogP contribution is -2.55. The molecule has 0 bridgehead atoms. The third-order valence-electron chi connectivity index (χ3n) is 6.98. The minimum absolute atomic E-state index is 0.296. The van der Waals surface area contributed by atoms with Crippen LogP contribution in [0.1, 0.15) is 29.8 Å². The number of aliphatic hydroxyl groups is 8. The van der Waals surface area contributed by atoms with E-state index in [9.17, 15) is 40.9 Å². The van der Waals surface area contributed by atoms with E-state index in [1.54, 1.807) is 48.5 Å². The molecule has 2 aliphatic heterocycles. The molecule has 2 fully saturated rings. The summed E-state index contributed by atoms with van der Waals surface area (Å²) in [6.45, 7) is -0.429. The van der Waals surface area contributed by atoms with E-state index >= 15 is 0 Å². The highest BCUT2D eigenvalue weighted by atomic mass is 16.6. The van der Waals surface area contributed by atoms with Gasteiger partial charge >= 0.3 is 0 Å². The first-order chi connectivity index (χ1) is 18.7. The fourth-order valence-corrected chi connectivity index (χ4v) is 4.76. The summed E-state index contributed by atoms with van der Waals surface area (Å²) < 4.78 is 22.8. The average molecular weight is 553 g/mol. The van der Waals surface area contributed by atoms with Crippen molar-refractivity contribution in [3.63, 3.8) is 0 Å². The summed E-state index contributed by atoms with van der Waals surface area (Å²) in [6, 6.07) is 13.5. The van der Waals surface area contributed by atoms with Crippen LogP contribution in [-0.2, 0) is 9.47 Å². The molecular formula is C27H36O12. The molecule has 0 spiro atoms. The Morgan fingerprint density at radius 1 is 0.564 bits per heavy atom. The summed E-state index contributed by atoms with van der Waals surface area (Å²) in [4.78, 5) is 0. The van der Waals surface area contributed by atoms with Gasteiger partial charge in [0.1, 0.15) is 72.5 Å². The summed E-state index contributed by atoms with van der Waals surface area (Å²) in [5.41, 5.74) is 1.04. The van der Waals surface area contributed by atoms with Crippen LogP contribution >= 0.6 is 0 Å². The van der Waals surface area contributed by atoms with Gasteiger partial charge in [-0.1, -0.05) is 24.3 Å². The zero-order valence-electron chi connectivity index (χ0n) is 21.1. The van der Waals surface area contributed by atoms with Crippen molar-refractivity contribution in [3.05, 3.63) is 59.7 Å². The first-order valence-electron chi connectivity index (χ1n) is 12.8. The number of rotatable bonds is 10. The molecule has 0 aliphatic carbocycles. The third kappa shape index (κ3) is 6.69. The van der Waals surface area contributed by atoms with E-state index in [4.69, 9.17) is 18.9 Å². The van der Waals surface area contributed by atoms with E-state index in [0.717, 1.165) is 0 Å². The van der Waals surface area contributed by atoms with Gasteiger partial charge in [0.15, 0.2) is 0 Å². The molecule has 2 aromatic carbocycles. The van der Waals surface area contributed by atoms with Gasteiger partial charge in [0.2, 0.25) is 0 Å². The van der Waals surface area contributed by atoms with Gasteiger partial charge < -0.3 is 59.8 Å². The lowest BCUT2D eigenvalue weighted by atomic mass is 9.91. The van der Waals surface area contributed by atoms with E-state index in [-0.39, 0.29) is 0 Å². The Morgan fingerprint density at radius 2 is 0.974 bits per heavy atom. The van der Waals surface area contributed by atoms with Gasteiger partial charge in [0.05, 0.1) is 26.4 Å². The maximum Gasteiger partial charge on any atom is 0.119 e. The highest BCUT2D eigenvalue weighted by Gasteiger charge is 2.45. The molecule has 8 N–H and O–H groups in total. The topological polar surface area (TPSA) is 199 Å². The van der Waals surface area contributed by atoms with Crippen LogP contribution in [0.5, 0.6) is 11.5 Å². The Labute approximate surface area is 225 Å². The largest absolute Gasteiger partial charge is 0.493 e. The molecule has 39 heavy (non-hydrogen) atoms. The zero-order valence-corrected chi connectivity index (χ0v) is 21.1. The maximum absolute atomic E-state index is 10.4. The van der Waals surface area contributed by atoms with Crippen molar-refractivity contribution < 1.29 is 59.8 Å². The Bertz CT molecular complexity index is 967. The second kappa shape index (κ2) is 13.3. The van der Waals surface area contributed by atoms with Crippen LogP contribution in [0.15, 0.2) is 48.5 Å². The van der Waals surface area contributed by atoms with Crippen LogP contribution in [0.4, 0.5) is 0 Å². The van der Waals surface area contributed by atoms with E-state index < -0.39 is 74.3 Å². The normalized spacial score (nSPS) is 35.0. The van der Waals surface area contributed by atoms with Crippen molar-refractivity contribution in [2.24, 2.45) is 0 Å². The van der Waals surface area contributed by atoms with Gasteiger partial charge in [-0.2, -0.15) is 0 Å². The fourth-order valence-electron chi connectivity index (χ4n) is 4.76. The van der Waals surface area contributed by atoms with Gasteiger partial charge in [0.25, 0.3) is 0 Å². The first kappa shape index (κ1) is 29.6. The molecule has 0 radical (unpaired) electrons. The van der Waals surface area contributed by atoms with Crippen LogP contribution in [0.3, 0.4) is 0 Å². The van der Waals surface area contributed by atoms with Crippen molar-refractivity contribution in [2.45, 2.75) is 67.5 Å². The molecule has 2 heterocycles. The molecule has 2 aliphatic rings. The van der Waals surface area contributed by atoms with E-state index in [2.05, 4.69) is 0 Å². The molecule has 2 saturated heterocycles. The summed E-state index contributed by atoms with van der Waals surface area (Å²) in [7, 11) is 0. The molecule has 10 atom stereocenters. The highest BCUT2D eigenvalue weighted by molar-refractivity contribution is 5.32. The van der Waals surface area contributed by atoms with Crippen LogP contribution in [0, 0.1) is 0 Å². The van der Waals surface area contributed by atoms with Crippen LogP contribution in [0.25, 0.3) is 0 Å². The van der Waals surface area contributed by atoms with Gasteiger partial charge in [-0.15, -0.1) is 0 Å². The second-order valence-corrected chi connectivity index (χ2v) is 9.69. The average Bonchev–Trinajstić information content (AvgIpc) is 2.95. The van der Waals surface area contributed by atoms with Crippen LogP contribution in [-0.4, -0.2) is 116 Å². The smallest absolute Gasteiger partial charge is 0.119 e. The maximum atomic E-state index is 10.4. The Balaban J connectivity index is 1.28. The van der Waals surface area contributed by atoms with Crippen LogP contribution in [0.2, 0.25) is 0 Å². The van der Waals surface area contributed by atoms with Gasteiger partial charge in [0, 0.05) is 6.42 Å². The van der Waals surface area contributed by atoms with Crippen molar-refractivity contribution >= 4 is 0 Å². The van der Waals surface area contributed by atoms with Gasteiger partial charge in [-0.05, 0) is 35.4 Å². The van der Waals surface area contributed by atoms with Gasteiger partial charge in [-0.3, -0.25) is 0 Å². The summed E-state index contributed by atoms with van der Waals surface area (Å²) in [5.74, 6) is 0.989. The quantitative estimate of drug-likeness (QED) is 0.160. The van der Waals surface area contributed by atoms with E-state index in [0.29, 0.717) is 42.3 Å². The second-order valence-electron chi connectivity index (χ2n) is 9.69. The molecular weight excluding hydrogens is 516 g/mol. The Kier molecular flexibility index (Phi) is 10.1. The number of ether oxygens (including phenoxy) is 4. The predicted octanol–water partition coefficient (Wildman–Crippen LogP) is -1.44. The van der Waals surface area contributed by atoms with E-state index in [1.165, 1.54) is 0 Å². The molecule has 12 nitrogen and oxygen atoms in total. The summed E-state index contributed by atoms with van der Waals surface area (Å²) >= 11 is 0. The van der Waals surface area contributed by atoms with Crippen molar-refractivity contribution in [2.75, 3.05) is 26.4 Å². The number of hydrogen-bond donors (Lipinski definition) is 8. The van der Waals surface area contributed by atoms with Crippen molar-refractivity contribution in [1.29, 1.82) is 0 Å². The number of benzene rings is 2. The minimum Gasteiger partial charge on any atom is -0.493 e. The first-order valence-corrected chi connectivity index (χ1v) is 12.8.